The van der Waals surface area contributed by atoms with E-state index >= 15 is 0 Å². The van der Waals surface area contributed by atoms with Crippen molar-refractivity contribution >= 4 is 18.0 Å². The molecule has 1 rings (SSSR count). The van der Waals surface area contributed by atoms with Gasteiger partial charge >= 0.3 is 5.97 Å². The summed E-state index contributed by atoms with van der Waals surface area (Å²) in [6, 6.07) is 0. The third-order valence-electron chi connectivity index (χ3n) is 0.783. The van der Waals surface area contributed by atoms with Crippen LogP contribution in [0.15, 0.2) is 9.98 Å². The highest BCUT2D eigenvalue weighted by molar-refractivity contribution is 6.38. The maximum absolute atomic E-state index is 9.99. The maximum atomic E-state index is 9.99. The zero-order chi connectivity index (χ0) is 5.98. The van der Waals surface area contributed by atoms with Gasteiger partial charge in [0.25, 0.3) is 0 Å². The lowest BCUT2D eigenvalue weighted by atomic mass is 10.4. The van der Waals surface area contributed by atoms with Crippen LogP contribution in [-0.4, -0.2) is 29.7 Å². The van der Waals surface area contributed by atoms with Crippen molar-refractivity contribution in [3.8, 4) is 0 Å². The quantitative estimate of drug-likeness (QED) is 0.499. The minimum atomic E-state index is -0.984. The molecule has 42 valence electrons. The molecule has 0 aromatic heterocycles. The van der Waals surface area contributed by atoms with Gasteiger partial charge in [0.05, 0.1) is 6.54 Å². The van der Waals surface area contributed by atoms with Gasteiger partial charge in [-0.25, -0.2) is 9.79 Å². The topological polar surface area (TPSA) is 62.0 Å². The Kier molecular flexibility index (Phi) is 1.07. The van der Waals surface area contributed by atoms with E-state index in [4.69, 9.17) is 5.11 Å². The van der Waals surface area contributed by atoms with Crippen LogP contribution in [0.2, 0.25) is 0 Å². The van der Waals surface area contributed by atoms with Gasteiger partial charge in [0, 0.05) is 0 Å². The van der Waals surface area contributed by atoms with E-state index in [1.807, 2.05) is 0 Å². The van der Waals surface area contributed by atoms with Crippen molar-refractivity contribution < 1.29 is 9.90 Å². The predicted octanol–water partition coefficient (Wildman–Crippen LogP) is -0.446. The molecule has 0 unspecified atom stereocenters. The van der Waals surface area contributed by atoms with Crippen LogP contribution in [0.5, 0.6) is 0 Å². The molecule has 0 radical (unpaired) electrons. The van der Waals surface area contributed by atoms with Crippen LogP contribution in [-0.2, 0) is 4.79 Å². The molecule has 1 N–H and O–H groups in total. The SMILES string of the molecule is O=C(O)C1=NC=NC1. The lowest BCUT2D eigenvalue weighted by Gasteiger charge is -1.83. The molecule has 0 bridgehead atoms. The van der Waals surface area contributed by atoms with E-state index in [-0.39, 0.29) is 12.3 Å². The fraction of sp³-hybridized carbons (Fsp3) is 0.250. The zero-order valence-corrected chi connectivity index (χ0v) is 4.03. The summed E-state index contributed by atoms with van der Waals surface area (Å²) in [5, 5.41) is 8.20. The molecule has 0 atom stereocenters. The zero-order valence-electron chi connectivity index (χ0n) is 4.03. The molecule has 8 heavy (non-hydrogen) atoms. The van der Waals surface area contributed by atoms with Crippen LogP contribution < -0.4 is 0 Å². The molecular weight excluding hydrogens is 108 g/mol. The van der Waals surface area contributed by atoms with Crippen LogP contribution >= 0.6 is 0 Å². The number of nitrogens with zero attached hydrogens (tertiary/aromatic N) is 2. The van der Waals surface area contributed by atoms with E-state index in [0.717, 1.165) is 0 Å². The number of carboxylic acid groups (broad SMARTS) is 1. The van der Waals surface area contributed by atoms with Gasteiger partial charge in [-0.2, -0.15) is 0 Å². The van der Waals surface area contributed by atoms with Crippen molar-refractivity contribution in [2.75, 3.05) is 6.54 Å². The number of carboxylic acids is 1. The third-order valence-corrected chi connectivity index (χ3v) is 0.783. The van der Waals surface area contributed by atoms with E-state index in [1.54, 1.807) is 0 Å². The summed E-state index contributed by atoms with van der Waals surface area (Å²) in [4.78, 5) is 17.0. The number of rotatable bonds is 1. The molecule has 0 aromatic carbocycles. The number of hydrogen-bond acceptors (Lipinski definition) is 3. The van der Waals surface area contributed by atoms with Crippen LogP contribution in [0.1, 0.15) is 0 Å². The van der Waals surface area contributed by atoms with Gasteiger partial charge in [-0.15, -0.1) is 0 Å². The summed E-state index contributed by atoms with van der Waals surface area (Å²) < 4.78 is 0. The lowest BCUT2D eigenvalue weighted by molar-refractivity contribution is -0.129. The maximum Gasteiger partial charge on any atom is 0.352 e. The van der Waals surface area contributed by atoms with E-state index in [9.17, 15) is 4.79 Å². The molecule has 1 heterocycles. The summed E-state index contributed by atoms with van der Waals surface area (Å²) in [6.07, 6.45) is 1.25. The number of aliphatic imine (C=N–C) groups is 2. The number of carbonyl (C=O) groups is 1. The number of hydrogen-bond donors (Lipinski definition) is 1. The highest BCUT2D eigenvalue weighted by Gasteiger charge is 2.09. The van der Waals surface area contributed by atoms with Crippen molar-refractivity contribution in [3.63, 3.8) is 0 Å². The van der Waals surface area contributed by atoms with Crippen LogP contribution in [0, 0.1) is 0 Å². The molecule has 0 aliphatic carbocycles. The van der Waals surface area contributed by atoms with E-state index in [1.165, 1.54) is 6.34 Å². The first-order valence-corrected chi connectivity index (χ1v) is 2.09. The monoisotopic (exact) mass is 112 g/mol. The van der Waals surface area contributed by atoms with E-state index < -0.39 is 5.97 Å². The summed E-state index contributed by atoms with van der Waals surface area (Å²) >= 11 is 0. The van der Waals surface area contributed by atoms with Crippen LogP contribution in [0.4, 0.5) is 0 Å². The van der Waals surface area contributed by atoms with Gasteiger partial charge in [-0.3, -0.25) is 4.99 Å². The van der Waals surface area contributed by atoms with Gasteiger partial charge in [0.1, 0.15) is 12.1 Å². The van der Waals surface area contributed by atoms with Crippen molar-refractivity contribution in [2.24, 2.45) is 9.98 Å². The van der Waals surface area contributed by atoms with Crippen LogP contribution in [0.3, 0.4) is 0 Å². The Balaban J connectivity index is 2.64. The Morgan fingerprint density at radius 3 is 2.88 bits per heavy atom. The Morgan fingerprint density at radius 2 is 2.62 bits per heavy atom. The van der Waals surface area contributed by atoms with Gasteiger partial charge in [-0.1, -0.05) is 0 Å². The molecule has 1 aliphatic rings. The Morgan fingerprint density at radius 1 is 1.88 bits per heavy atom. The Labute approximate surface area is 45.6 Å². The first-order chi connectivity index (χ1) is 3.80. The molecule has 1 aliphatic heterocycles. The minimum Gasteiger partial charge on any atom is -0.477 e. The predicted molar refractivity (Wildman–Crippen MR) is 28.4 cm³/mol. The molecule has 0 aromatic rings. The molecule has 0 fully saturated rings. The highest BCUT2D eigenvalue weighted by atomic mass is 16.4. The summed E-state index contributed by atoms with van der Waals surface area (Å²) in [5.41, 5.74) is 0.116. The molecule has 0 saturated carbocycles. The fourth-order valence-corrected chi connectivity index (χ4v) is 0.401. The fourth-order valence-electron chi connectivity index (χ4n) is 0.401. The average Bonchev–Trinajstić information content (AvgIpc) is 2.12. The Hall–Kier alpha value is -1.19. The van der Waals surface area contributed by atoms with E-state index in [2.05, 4.69) is 9.98 Å². The van der Waals surface area contributed by atoms with Gasteiger partial charge < -0.3 is 5.11 Å². The van der Waals surface area contributed by atoms with Gasteiger partial charge in [-0.05, 0) is 0 Å². The standard InChI is InChI=1S/C4H4N2O2/c7-4(8)3-1-5-2-6-3/h2H,1H2,(H,7,8). The normalized spacial score (nSPS) is 16.2. The largest absolute Gasteiger partial charge is 0.477 e. The second kappa shape index (κ2) is 1.73. The van der Waals surface area contributed by atoms with Crippen LogP contribution in [0.25, 0.3) is 0 Å². The van der Waals surface area contributed by atoms with Crippen molar-refractivity contribution in [3.05, 3.63) is 0 Å². The molecule has 0 amide bonds. The highest BCUT2D eigenvalue weighted by Crippen LogP contribution is 1.86. The van der Waals surface area contributed by atoms with Crippen molar-refractivity contribution in [1.29, 1.82) is 0 Å². The molecule has 0 spiro atoms. The first-order valence-electron chi connectivity index (χ1n) is 2.09. The summed E-state index contributed by atoms with van der Waals surface area (Å²) in [5.74, 6) is -0.984. The number of aliphatic carboxylic acids is 1. The second-order valence-electron chi connectivity index (χ2n) is 1.34. The second-order valence-corrected chi connectivity index (χ2v) is 1.34. The minimum absolute atomic E-state index is 0.116. The third kappa shape index (κ3) is 0.726. The van der Waals surface area contributed by atoms with Crippen molar-refractivity contribution in [2.45, 2.75) is 0 Å². The van der Waals surface area contributed by atoms with Gasteiger partial charge in [0.2, 0.25) is 0 Å². The molecule has 4 heteroatoms. The summed E-state index contributed by atoms with van der Waals surface area (Å²) in [6.45, 7) is 0.218. The molecule has 4 nitrogen and oxygen atoms in total. The first kappa shape index (κ1) is 4.96. The summed E-state index contributed by atoms with van der Waals surface area (Å²) in [7, 11) is 0. The molecular formula is C4H4N2O2. The molecule has 0 saturated heterocycles. The van der Waals surface area contributed by atoms with Crippen molar-refractivity contribution in [1.82, 2.24) is 0 Å². The average molecular weight is 112 g/mol. The Bertz CT molecular complexity index is 171. The van der Waals surface area contributed by atoms with Gasteiger partial charge in [0.15, 0.2) is 0 Å². The lowest BCUT2D eigenvalue weighted by Crippen LogP contribution is -2.13. The van der Waals surface area contributed by atoms with E-state index in [0.29, 0.717) is 0 Å². The smallest absolute Gasteiger partial charge is 0.352 e.